The molecule has 1 rings (SSSR count). The predicted molar refractivity (Wildman–Crippen MR) is 85.1 cm³/mol. The maximum Gasteiger partial charge on any atom is 0.257 e. The average Bonchev–Trinajstić information content (AvgIpc) is 2.36. The molecule has 1 aromatic rings. The van der Waals surface area contributed by atoms with Crippen molar-refractivity contribution in [3.8, 4) is 6.07 Å². The fraction of sp³-hybridized carbons (Fsp3) is 0.375. The first kappa shape index (κ1) is 17.9. The molecule has 5 nitrogen and oxygen atoms in total. The van der Waals surface area contributed by atoms with Crippen LogP contribution in [0.5, 0.6) is 0 Å². The fourth-order valence-electron chi connectivity index (χ4n) is 1.59. The molecule has 0 aromatic heterocycles. The van der Waals surface area contributed by atoms with Gasteiger partial charge in [0.1, 0.15) is 0 Å². The Kier molecular flexibility index (Phi) is 5.50. The third kappa shape index (κ3) is 5.34. The first-order chi connectivity index (χ1) is 10.0. The minimum absolute atomic E-state index is 0.214. The number of nitrogens with one attached hydrogen (secondary N) is 1. The van der Waals surface area contributed by atoms with E-state index in [-0.39, 0.29) is 11.0 Å². The highest BCUT2D eigenvalue weighted by Gasteiger charge is 2.18. The number of allylic oxidation sites excluding steroid dienone is 1. The highest BCUT2D eigenvalue weighted by molar-refractivity contribution is 7.89. The van der Waals surface area contributed by atoms with Crippen LogP contribution in [-0.4, -0.2) is 14.3 Å². The van der Waals surface area contributed by atoms with E-state index in [0.717, 1.165) is 5.57 Å². The zero-order chi connectivity index (χ0) is 17.0. The first-order valence-electron chi connectivity index (χ1n) is 6.76. The average molecular weight is 320 g/mol. The Hall–Kier alpha value is -2.13. The van der Waals surface area contributed by atoms with Gasteiger partial charge in [0.05, 0.1) is 17.4 Å². The van der Waals surface area contributed by atoms with Gasteiger partial charge >= 0.3 is 0 Å². The highest BCUT2D eigenvalue weighted by Crippen LogP contribution is 2.23. The van der Waals surface area contributed by atoms with Crippen molar-refractivity contribution in [1.29, 1.82) is 5.26 Å². The number of sulfonamides is 1. The molecule has 0 aliphatic carbocycles. The smallest absolute Gasteiger partial charge is 0.257 e. The molecule has 0 heterocycles. The number of carbonyl (C=O) groups is 1. The van der Waals surface area contributed by atoms with E-state index in [0.29, 0.717) is 5.56 Å². The van der Waals surface area contributed by atoms with E-state index in [4.69, 9.17) is 5.26 Å². The van der Waals surface area contributed by atoms with Crippen molar-refractivity contribution in [3.05, 3.63) is 47.0 Å². The molecule has 0 spiro atoms. The highest BCUT2D eigenvalue weighted by atomic mass is 32.2. The lowest BCUT2D eigenvalue weighted by Crippen LogP contribution is -2.31. The van der Waals surface area contributed by atoms with E-state index >= 15 is 0 Å². The second-order valence-corrected chi connectivity index (χ2v) is 7.79. The van der Waals surface area contributed by atoms with Crippen molar-refractivity contribution >= 4 is 15.9 Å². The molecule has 0 fully saturated rings. The number of nitriles is 1. The second-order valence-electron chi connectivity index (χ2n) is 6.07. The molecule has 1 aromatic carbocycles. The summed E-state index contributed by atoms with van der Waals surface area (Å²) in [7, 11) is -3.85. The van der Waals surface area contributed by atoms with Gasteiger partial charge in [-0.25, -0.2) is 13.1 Å². The molecular weight excluding hydrogens is 300 g/mol. The molecule has 0 saturated carbocycles. The normalized spacial score (nSPS) is 12.6. The van der Waals surface area contributed by atoms with E-state index in [1.54, 1.807) is 25.1 Å². The van der Waals surface area contributed by atoms with Crippen molar-refractivity contribution in [1.82, 2.24) is 4.72 Å². The third-order valence-electron chi connectivity index (χ3n) is 3.27. The van der Waals surface area contributed by atoms with Gasteiger partial charge in [-0.3, -0.25) is 4.79 Å². The van der Waals surface area contributed by atoms with Gasteiger partial charge in [-0.2, -0.15) is 5.26 Å². The standard InChI is InChI=1S/C16H20N2O3S/c1-12(16(2,3)4)9-15(19)18-22(20,21)11-14-8-6-5-7-13(14)10-17/h5-9H,11H2,1-4H3,(H,18,19). The third-order valence-corrected chi connectivity index (χ3v) is 4.47. The van der Waals surface area contributed by atoms with E-state index in [1.807, 2.05) is 31.6 Å². The summed E-state index contributed by atoms with van der Waals surface area (Å²) >= 11 is 0. The number of amides is 1. The van der Waals surface area contributed by atoms with Gasteiger partial charge in [0.15, 0.2) is 0 Å². The van der Waals surface area contributed by atoms with Crippen LogP contribution in [0, 0.1) is 16.7 Å². The quantitative estimate of drug-likeness (QED) is 0.863. The molecule has 1 amide bonds. The van der Waals surface area contributed by atoms with Gasteiger partial charge < -0.3 is 0 Å². The number of nitrogens with zero attached hydrogens (tertiary/aromatic N) is 1. The Labute approximate surface area is 131 Å². The van der Waals surface area contributed by atoms with Crippen LogP contribution in [0.2, 0.25) is 0 Å². The number of hydrogen-bond donors (Lipinski definition) is 1. The van der Waals surface area contributed by atoms with Gasteiger partial charge in [0.2, 0.25) is 10.0 Å². The Morgan fingerprint density at radius 2 is 1.91 bits per heavy atom. The number of hydrogen-bond acceptors (Lipinski definition) is 4. The second kappa shape index (κ2) is 6.75. The van der Waals surface area contributed by atoms with Crippen LogP contribution in [0.3, 0.4) is 0 Å². The lowest BCUT2D eigenvalue weighted by molar-refractivity contribution is -0.114. The molecule has 0 unspecified atom stereocenters. The van der Waals surface area contributed by atoms with Gasteiger partial charge in [0, 0.05) is 6.08 Å². The summed E-state index contributed by atoms with van der Waals surface area (Å²) in [5.41, 5.74) is 1.20. The zero-order valence-corrected chi connectivity index (χ0v) is 14.0. The lowest BCUT2D eigenvalue weighted by Gasteiger charge is -2.19. The van der Waals surface area contributed by atoms with Gasteiger partial charge in [-0.1, -0.05) is 44.5 Å². The Morgan fingerprint density at radius 3 is 2.45 bits per heavy atom. The minimum Gasteiger partial charge on any atom is -0.269 e. The first-order valence-corrected chi connectivity index (χ1v) is 8.41. The van der Waals surface area contributed by atoms with Gasteiger partial charge in [0.25, 0.3) is 5.91 Å². The monoisotopic (exact) mass is 320 g/mol. The van der Waals surface area contributed by atoms with E-state index in [2.05, 4.69) is 0 Å². The SMILES string of the molecule is CC(=CC(=O)NS(=O)(=O)Cc1ccccc1C#N)C(C)(C)C. The predicted octanol–water partition coefficient (Wildman–Crippen LogP) is 2.50. The van der Waals surface area contributed by atoms with Crippen molar-refractivity contribution in [2.45, 2.75) is 33.4 Å². The Balaban J connectivity index is 2.89. The molecule has 118 valence electrons. The zero-order valence-electron chi connectivity index (χ0n) is 13.2. The van der Waals surface area contributed by atoms with Gasteiger partial charge in [-0.15, -0.1) is 0 Å². The number of rotatable bonds is 4. The maximum atomic E-state index is 12.0. The minimum atomic E-state index is -3.85. The van der Waals surface area contributed by atoms with Crippen LogP contribution >= 0.6 is 0 Å². The number of benzene rings is 1. The molecular formula is C16H20N2O3S. The van der Waals surface area contributed by atoms with E-state index in [9.17, 15) is 13.2 Å². The van der Waals surface area contributed by atoms with Crippen LogP contribution < -0.4 is 4.72 Å². The van der Waals surface area contributed by atoms with Crippen LogP contribution in [0.15, 0.2) is 35.9 Å². The van der Waals surface area contributed by atoms with Crippen LogP contribution in [0.4, 0.5) is 0 Å². The van der Waals surface area contributed by atoms with Crippen molar-refractivity contribution in [3.63, 3.8) is 0 Å². The maximum absolute atomic E-state index is 12.0. The lowest BCUT2D eigenvalue weighted by atomic mass is 9.87. The molecule has 0 saturated heterocycles. The van der Waals surface area contributed by atoms with Crippen molar-refractivity contribution < 1.29 is 13.2 Å². The summed E-state index contributed by atoms with van der Waals surface area (Å²) in [5, 5.41) is 8.96. The van der Waals surface area contributed by atoms with Crippen molar-refractivity contribution in [2.24, 2.45) is 5.41 Å². The Morgan fingerprint density at radius 1 is 1.32 bits per heavy atom. The van der Waals surface area contributed by atoms with Crippen molar-refractivity contribution in [2.75, 3.05) is 0 Å². The summed E-state index contributed by atoms with van der Waals surface area (Å²) < 4.78 is 26.1. The van der Waals surface area contributed by atoms with Gasteiger partial charge in [-0.05, 0) is 24.0 Å². The largest absolute Gasteiger partial charge is 0.269 e. The molecule has 0 aliphatic heterocycles. The topological polar surface area (TPSA) is 87.0 Å². The number of carbonyl (C=O) groups excluding carboxylic acids is 1. The molecule has 6 heteroatoms. The molecule has 22 heavy (non-hydrogen) atoms. The van der Waals surface area contributed by atoms with Crippen LogP contribution in [-0.2, 0) is 20.6 Å². The molecule has 0 aliphatic rings. The van der Waals surface area contributed by atoms with E-state index < -0.39 is 21.7 Å². The van der Waals surface area contributed by atoms with Crippen LogP contribution in [0.25, 0.3) is 0 Å². The molecule has 0 bridgehead atoms. The van der Waals surface area contributed by atoms with Crippen LogP contribution in [0.1, 0.15) is 38.8 Å². The summed E-state index contributed by atoms with van der Waals surface area (Å²) in [6.07, 6.45) is 1.29. The summed E-state index contributed by atoms with van der Waals surface area (Å²) in [5.74, 6) is -1.09. The van der Waals surface area contributed by atoms with E-state index in [1.165, 1.54) is 12.1 Å². The molecule has 1 N–H and O–H groups in total. The summed E-state index contributed by atoms with van der Waals surface area (Å²) in [4.78, 5) is 11.8. The summed E-state index contributed by atoms with van der Waals surface area (Å²) in [6, 6.07) is 8.33. The Bertz CT molecular complexity index is 735. The molecule has 0 atom stereocenters. The summed E-state index contributed by atoms with van der Waals surface area (Å²) in [6.45, 7) is 7.58. The fourth-order valence-corrected chi connectivity index (χ4v) is 2.69. The molecule has 0 radical (unpaired) electrons.